The van der Waals surface area contributed by atoms with Gasteiger partial charge < -0.3 is 5.73 Å². The van der Waals surface area contributed by atoms with E-state index in [9.17, 15) is 0 Å². The Hall–Kier alpha value is -1.65. The van der Waals surface area contributed by atoms with Crippen LogP contribution in [-0.4, -0.2) is 34.2 Å². The highest BCUT2D eigenvalue weighted by atomic mass is 15.2. The highest BCUT2D eigenvalue weighted by molar-refractivity contribution is 5.62. The van der Waals surface area contributed by atoms with Crippen molar-refractivity contribution in [2.75, 3.05) is 13.1 Å². The van der Waals surface area contributed by atoms with Crippen molar-refractivity contribution in [3.8, 4) is 11.3 Å². The van der Waals surface area contributed by atoms with Crippen molar-refractivity contribution in [1.29, 1.82) is 0 Å². The summed E-state index contributed by atoms with van der Waals surface area (Å²) in [6, 6.07) is 8.94. The third-order valence-corrected chi connectivity index (χ3v) is 4.51. The number of piperidine rings is 1. The Morgan fingerprint density at radius 3 is 2.81 bits per heavy atom. The number of hydrogen-bond acceptors (Lipinski definition) is 3. The Labute approximate surface area is 126 Å². The van der Waals surface area contributed by atoms with Gasteiger partial charge in [-0.3, -0.25) is 10.00 Å². The zero-order valence-corrected chi connectivity index (χ0v) is 12.8. The van der Waals surface area contributed by atoms with Gasteiger partial charge in [0.2, 0.25) is 0 Å². The summed E-state index contributed by atoms with van der Waals surface area (Å²) >= 11 is 0. The van der Waals surface area contributed by atoms with Crippen molar-refractivity contribution < 1.29 is 0 Å². The lowest BCUT2D eigenvalue weighted by Crippen LogP contribution is -2.45. The smallest absolute Gasteiger partial charge is 0.0695 e. The number of benzene rings is 1. The molecule has 112 valence electrons. The fourth-order valence-corrected chi connectivity index (χ4v) is 3.04. The van der Waals surface area contributed by atoms with E-state index in [0.717, 1.165) is 31.7 Å². The van der Waals surface area contributed by atoms with Gasteiger partial charge in [-0.05, 0) is 31.4 Å². The fraction of sp³-hybridized carbons (Fsp3) is 0.471. The summed E-state index contributed by atoms with van der Waals surface area (Å²) in [5.41, 5.74) is 11.0. The SMILES string of the molecule is Cc1ccc(-c2[nH]ncc2CN2CC[C@H](N)[C@H](C)C2)cc1. The van der Waals surface area contributed by atoms with E-state index < -0.39 is 0 Å². The summed E-state index contributed by atoms with van der Waals surface area (Å²) in [7, 11) is 0. The van der Waals surface area contributed by atoms with Gasteiger partial charge in [0.15, 0.2) is 0 Å². The molecule has 0 spiro atoms. The number of H-pyrrole nitrogens is 1. The maximum atomic E-state index is 6.10. The molecule has 0 aliphatic carbocycles. The average molecular weight is 284 g/mol. The predicted octanol–water partition coefficient (Wildman–Crippen LogP) is 2.55. The highest BCUT2D eigenvalue weighted by Gasteiger charge is 2.23. The largest absolute Gasteiger partial charge is 0.327 e. The van der Waals surface area contributed by atoms with E-state index in [-0.39, 0.29) is 0 Å². The van der Waals surface area contributed by atoms with Gasteiger partial charge in [-0.1, -0.05) is 36.8 Å². The van der Waals surface area contributed by atoms with E-state index in [0.29, 0.717) is 12.0 Å². The molecule has 0 amide bonds. The van der Waals surface area contributed by atoms with Crippen LogP contribution in [-0.2, 0) is 6.54 Å². The molecule has 3 N–H and O–H groups in total. The van der Waals surface area contributed by atoms with E-state index in [4.69, 9.17) is 5.73 Å². The molecule has 4 heteroatoms. The molecule has 4 nitrogen and oxygen atoms in total. The molecule has 1 fully saturated rings. The molecule has 0 saturated carbocycles. The van der Waals surface area contributed by atoms with Crippen LogP contribution in [0.4, 0.5) is 0 Å². The van der Waals surface area contributed by atoms with Crippen LogP contribution in [0.3, 0.4) is 0 Å². The number of nitrogens with zero attached hydrogens (tertiary/aromatic N) is 2. The number of aryl methyl sites for hydroxylation is 1. The zero-order valence-electron chi connectivity index (χ0n) is 12.8. The minimum absolute atomic E-state index is 0.349. The Bertz CT molecular complexity index is 587. The van der Waals surface area contributed by atoms with Crippen molar-refractivity contribution in [3.05, 3.63) is 41.6 Å². The summed E-state index contributed by atoms with van der Waals surface area (Å²) in [5, 5.41) is 7.39. The van der Waals surface area contributed by atoms with Crippen molar-refractivity contribution in [2.45, 2.75) is 32.9 Å². The van der Waals surface area contributed by atoms with E-state index >= 15 is 0 Å². The molecule has 21 heavy (non-hydrogen) atoms. The van der Waals surface area contributed by atoms with Gasteiger partial charge in [0, 0.05) is 24.7 Å². The predicted molar refractivity (Wildman–Crippen MR) is 85.8 cm³/mol. The molecule has 0 unspecified atom stereocenters. The minimum Gasteiger partial charge on any atom is -0.327 e. The lowest BCUT2D eigenvalue weighted by molar-refractivity contribution is 0.158. The Morgan fingerprint density at radius 1 is 1.33 bits per heavy atom. The van der Waals surface area contributed by atoms with Crippen LogP contribution < -0.4 is 5.73 Å². The van der Waals surface area contributed by atoms with Crippen LogP contribution in [0.1, 0.15) is 24.5 Å². The van der Waals surface area contributed by atoms with E-state index in [1.807, 2.05) is 6.20 Å². The number of likely N-dealkylation sites (tertiary alicyclic amines) is 1. The second-order valence-electron chi connectivity index (χ2n) is 6.30. The third-order valence-electron chi connectivity index (χ3n) is 4.51. The van der Waals surface area contributed by atoms with Crippen LogP contribution in [0.25, 0.3) is 11.3 Å². The molecule has 2 atom stereocenters. The Balaban J connectivity index is 1.75. The van der Waals surface area contributed by atoms with Crippen molar-refractivity contribution in [3.63, 3.8) is 0 Å². The number of nitrogens with two attached hydrogens (primary N) is 1. The van der Waals surface area contributed by atoms with Crippen molar-refractivity contribution in [1.82, 2.24) is 15.1 Å². The van der Waals surface area contributed by atoms with Crippen LogP contribution in [0.2, 0.25) is 0 Å². The Morgan fingerprint density at radius 2 is 2.10 bits per heavy atom. The number of nitrogens with one attached hydrogen (secondary N) is 1. The van der Waals surface area contributed by atoms with Crippen LogP contribution in [0.5, 0.6) is 0 Å². The molecule has 2 heterocycles. The highest BCUT2D eigenvalue weighted by Crippen LogP contribution is 2.24. The quantitative estimate of drug-likeness (QED) is 0.910. The van der Waals surface area contributed by atoms with Gasteiger partial charge in [-0.2, -0.15) is 5.10 Å². The van der Waals surface area contributed by atoms with Gasteiger partial charge in [0.25, 0.3) is 0 Å². The first kappa shape index (κ1) is 14.3. The van der Waals surface area contributed by atoms with Gasteiger partial charge in [-0.25, -0.2) is 0 Å². The maximum Gasteiger partial charge on any atom is 0.0695 e. The average Bonchev–Trinajstić information content (AvgIpc) is 2.92. The van der Waals surface area contributed by atoms with E-state index in [2.05, 4.69) is 53.2 Å². The first-order chi connectivity index (χ1) is 10.1. The summed E-state index contributed by atoms with van der Waals surface area (Å²) in [5.74, 6) is 0.563. The third kappa shape index (κ3) is 3.17. The van der Waals surface area contributed by atoms with E-state index in [1.54, 1.807) is 0 Å². The summed E-state index contributed by atoms with van der Waals surface area (Å²) in [6.07, 6.45) is 3.03. The van der Waals surface area contributed by atoms with Crippen molar-refractivity contribution in [2.24, 2.45) is 11.7 Å². The van der Waals surface area contributed by atoms with Crippen LogP contribution >= 0.6 is 0 Å². The molecule has 3 rings (SSSR count). The molecule has 1 aliphatic heterocycles. The minimum atomic E-state index is 0.349. The fourth-order valence-electron chi connectivity index (χ4n) is 3.04. The molecule has 0 radical (unpaired) electrons. The van der Waals surface area contributed by atoms with Crippen LogP contribution in [0, 0.1) is 12.8 Å². The van der Waals surface area contributed by atoms with Gasteiger partial charge >= 0.3 is 0 Å². The topological polar surface area (TPSA) is 57.9 Å². The molecule has 2 aromatic rings. The second kappa shape index (κ2) is 6.00. The summed E-state index contributed by atoms with van der Waals surface area (Å²) in [6.45, 7) is 7.43. The molecule has 1 aromatic heterocycles. The second-order valence-corrected chi connectivity index (χ2v) is 6.30. The summed E-state index contributed by atoms with van der Waals surface area (Å²) in [4.78, 5) is 2.48. The molecular formula is C17H24N4. The lowest BCUT2D eigenvalue weighted by atomic mass is 9.94. The molecule has 1 aliphatic rings. The first-order valence-electron chi connectivity index (χ1n) is 7.70. The zero-order chi connectivity index (χ0) is 14.8. The standard InChI is InChI=1S/C17H24N4/c1-12-3-5-14(6-4-12)17-15(9-19-20-17)11-21-8-7-16(18)13(2)10-21/h3-6,9,13,16H,7-8,10-11,18H2,1-2H3,(H,19,20)/t13-,16+/m1/s1. The summed E-state index contributed by atoms with van der Waals surface area (Å²) < 4.78 is 0. The van der Waals surface area contributed by atoms with Gasteiger partial charge in [-0.15, -0.1) is 0 Å². The molecular weight excluding hydrogens is 260 g/mol. The Kier molecular flexibility index (Phi) is 4.08. The first-order valence-corrected chi connectivity index (χ1v) is 7.70. The van der Waals surface area contributed by atoms with Gasteiger partial charge in [0.05, 0.1) is 11.9 Å². The number of aromatic amines is 1. The monoisotopic (exact) mass is 284 g/mol. The lowest BCUT2D eigenvalue weighted by Gasteiger charge is -2.35. The number of aromatic nitrogens is 2. The number of rotatable bonds is 3. The van der Waals surface area contributed by atoms with Crippen LogP contribution in [0.15, 0.2) is 30.5 Å². The molecule has 0 bridgehead atoms. The van der Waals surface area contributed by atoms with E-state index in [1.165, 1.54) is 16.7 Å². The van der Waals surface area contributed by atoms with Gasteiger partial charge in [0.1, 0.15) is 0 Å². The van der Waals surface area contributed by atoms with Crippen molar-refractivity contribution >= 4 is 0 Å². The molecule has 1 aromatic carbocycles. The maximum absolute atomic E-state index is 6.10. The normalized spacial score (nSPS) is 23.4. The molecule has 1 saturated heterocycles. The number of hydrogen-bond donors (Lipinski definition) is 2.